The molecule has 0 radical (unpaired) electrons. The molecule has 2 fully saturated rings. The number of rotatable bonds is 5. The highest BCUT2D eigenvalue weighted by molar-refractivity contribution is 5.78. The van der Waals surface area contributed by atoms with Crippen LogP contribution in [-0.4, -0.2) is 47.6 Å². The molecule has 0 aromatic carbocycles. The van der Waals surface area contributed by atoms with Gasteiger partial charge in [-0.05, 0) is 32.6 Å². The number of nitrogens with zero attached hydrogens (tertiary/aromatic N) is 1. The van der Waals surface area contributed by atoms with Crippen molar-refractivity contribution in [3.63, 3.8) is 0 Å². The zero-order valence-electron chi connectivity index (χ0n) is 10.9. The van der Waals surface area contributed by atoms with E-state index >= 15 is 0 Å². The van der Waals surface area contributed by atoms with Gasteiger partial charge < -0.3 is 15.3 Å². The molecule has 2 rings (SSSR count). The van der Waals surface area contributed by atoms with Crippen LogP contribution in [0.3, 0.4) is 0 Å². The minimum atomic E-state index is -0.745. The first kappa shape index (κ1) is 13.3. The van der Waals surface area contributed by atoms with Gasteiger partial charge in [0.15, 0.2) is 0 Å². The quantitative estimate of drug-likeness (QED) is 0.763. The average molecular weight is 254 g/mol. The number of aliphatic carboxylic acids is 1. The predicted octanol–water partition coefficient (Wildman–Crippen LogP) is 0.842. The first-order chi connectivity index (χ1) is 8.51. The van der Waals surface area contributed by atoms with E-state index in [0.29, 0.717) is 38.4 Å². The summed E-state index contributed by atoms with van der Waals surface area (Å²) in [5.41, 5.74) is -0.650. The van der Waals surface area contributed by atoms with Crippen molar-refractivity contribution in [2.24, 2.45) is 5.41 Å². The number of carboxylic acid groups (broad SMARTS) is 1. The fraction of sp³-hybridized carbons (Fsp3) is 0.846. The number of hydrogen-bond acceptors (Lipinski definition) is 3. The van der Waals surface area contributed by atoms with E-state index in [2.05, 4.69) is 5.32 Å². The Bertz CT molecular complexity index is 331. The van der Waals surface area contributed by atoms with E-state index in [-0.39, 0.29) is 5.91 Å². The molecule has 0 atom stereocenters. The van der Waals surface area contributed by atoms with E-state index in [1.54, 1.807) is 11.8 Å². The first-order valence-electron chi connectivity index (χ1n) is 6.76. The van der Waals surface area contributed by atoms with Crippen LogP contribution in [0.1, 0.15) is 39.0 Å². The Hall–Kier alpha value is -1.10. The largest absolute Gasteiger partial charge is 0.481 e. The van der Waals surface area contributed by atoms with Crippen molar-refractivity contribution in [3.8, 4) is 0 Å². The van der Waals surface area contributed by atoms with Gasteiger partial charge in [-0.2, -0.15) is 0 Å². The van der Waals surface area contributed by atoms with Crippen molar-refractivity contribution >= 4 is 11.9 Å². The smallest absolute Gasteiger partial charge is 0.309 e. The summed E-state index contributed by atoms with van der Waals surface area (Å²) in [5.74, 6) is -0.597. The molecule has 1 saturated carbocycles. The highest BCUT2D eigenvalue weighted by atomic mass is 16.4. The van der Waals surface area contributed by atoms with Gasteiger partial charge in [0.25, 0.3) is 0 Å². The molecule has 1 aliphatic carbocycles. The summed E-state index contributed by atoms with van der Waals surface area (Å²) in [4.78, 5) is 24.8. The molecule has 5 nitrogen and oxygen atoms in total. The van der Waals surface area contributed by atoms with Crippen molar-refractivity contribution in [2.45, 2.75) is 45.1 Å². The van der Waals surface area contributed by atoms with Crippen molar-refractivity contribution in [1.82, 2.24) is 10.2 Å². The molecule has 0 unspecified atom stereocenters. The van der Waals surface area contributed by atoms with Crippen LogP contribution in [0.15, 0.2) is 0 Å². The highest BCUT2D eigenvalue weighted by Gasteiger charge is 2.37. The van der Waals surface area contributed by atoms with Gasteiger partial charge in [-0.25, -0.2) is 0 Å². The second-order valence-electron chi connectivity index (χ2n) is 5.72. The van der Waals surface area contributed by atoms with E-state index in [4.69, 9.17) is 5.11 Å². The lowest BCUT2D eigenvalue weighted by Crippen LogP contribution is -2.45. The van der Waals surface area contributed by atoms with Crippen molar-refractivity contribution in [1.29, 1.82) is 0 Å². The molecule has 2 aliphatic rings. The molecule has 18 heavy (non-hydrogen) atoms. The van der Waals surface area contributed by atoms with E-state index in [0.717, 1.165) is 6.54 Å². The van der Waals surface area contributed by atoms with Gasteiger partial charge in [-0.1, -0.05) is 0 Å². The summed E-state index contributed by atoms with van der Waals surface area (Å²) in [6.45, 7) is 3.66. The average Bonchev–Trinajstić information content (AvgIpc) is 3.13. The molecule has 0 aromatic rings. The SMILES string of the molecule is CC1(C(=O)O)CCN(C(=O)CCNC2CC2)CC1. The number of hydrogen-bond donors (Lipinski definition) is 2. The third-order valence-electron chi connectivity index (χ3n) is 4.09. The molecule has 1 amide bonds. The van der Waals surface area contributed by atoms with Crippen LogP contribution >= 0.6 is 0 Å². The number of piperidine rings is 1. The van der Waals surface area contributed by atoms with Gasteiger partial charge in [-0.15, -0.1) is 0 Å². The molecule has 2 N–H and O–H groups in total. The molecule has 102 valence electrons. The van der Waals surface area contributed by atoms with Gasteiger partial charge in [0.1, 0.15) is 0 Å². The Kier molecular flexibility index (Phi) is 3.90. The minimum Gasteiger partial charge on any atom is -0.481 e. The summed E-state index contributed by atoms with van der Waals surface area (Å²) in [6.07, 6.45) is 4.11. The second-order valence-corrected chi connectivity index (χ2v) is 5.72. The predicted molar refractivity (Wildman–Crippen MR) is 67.2 cm³/mol. The zero-order valence-corrected chi connectivity index (χ0v) is 10.9. The normalized spacial score (nSPS) is 22.8. The summed E-state index contributed by atoms with van der Waals surface area (Å²) < 4.78 is 0. The zero-order chi connectivity index (χ0) is 13.2. The lowest BCUT2D eigenvalue weighted by Gasteiger charge is -2.36. The number of amides is 1. The van der Waals surface area contributed by atoms with E-state index in [1.807, 2.05) is 0 Å². The topological polar surface area (TPSA) is 69.6 Å². The fourth-order valence-corrected chi connectivity index (χ4v) is 2.29. The van der Waals surface area contributed by atoms with Crippen LogP contribution in [0.4, 0.5) is 0 Å². The number of carbonyl (C=O) groups is 2. The van der Waals surface area contributed by atoms with Gasteiger partial charge in [0, 0.05) is 32.1 Å². The molecular weight excluding hydrogens is 232 g/mol. The van der Waals surface area contributed by atoms with Crippen molar-refractivity contribution in [2.75, 3.05) is 19.6 Å². The molecular formula is C13H22N2O3. The van der Waals surface area contributed by atoms with Gasteiger partial charge in [0.05, 0.1) is 5.41 Å². The Morgan fingerprint density at radius 2 is 1.94 bits per heavy atom. The highest BCUT2D eigenvalue weighted by Crippen LogP contribution is 2.31. The maximum atomic E-state index is 11.9. The maximum absolute atomic E-state index is 11.9. The summed E-state index contributed by atoms with van der Waals surface area (Å²) in [5, 5.41) is 12.4. The fourth-order valence-electron chi connectivity index (χ4n) is 2.29. The monoisotopic (exact) mass is 254 g/mol. The maximum Gasteiger partial charge on any atom is 0.309 e. The van der Waals surface area contributed by atoms with Crippen molar-refractivity contribution < 1.29 is 14.7 Å². The lowest BCUT2D eigenvalue weighted by molar-refractivity contribution is -0.153. The minimum absolute atomic E-state index is 0.149. The van der Waals surface area contributed by atoms with Gasteiger partial charge in [0.2, 0.25) is 5.91 Å². The lowest BCUT2D eigenvalue weighted by atomic mass is 9.80. The Morgan fingerprint density at radius 3 is 2.44 bits per heavy atom. The number of carboxylic acids is 1. The standard InChI is InChI=1S/C13H22N2O3/c1-13(12(17)18)5-8-15(9-6-13)11(16)4-7-14-10-2-3-10/h10,14H,2-9H2,1H3,(H,17,18). The molecule has 1 heterocycles. The van der Waals surface area contributed by atoms with E-state index in [9.17, 15) is 9.59 Å². The Balaban J connectivity index is 1.71. The summed E-state index contributed by atoms with van der Waals surface area (Å²) in [6, 6.07) is 0.634. The first-order valence-corrected chi connectivity index (χ1v) is 6.76. The van der Waals surface area contributed by atoms with Crippen LogP contribution in [-0.2, 0) is 9.59 Å². The Morgan fingerprint density at radius 1 is 1.33 bits per heavy atom. The van der Waals surface area contributed by atoms with E-state index in [1.165, 1.54) is 12.8 Å². The number of likely N-dealkylation sites (tertiary alicyclic amines) is 1. The Labute approximate surface area is 108 Å². The van der Waals surface area contributed by atoms with Gasteiger partial charge in [-0.3, -0.25) is 9.59 Å². The van der Waals surface area contributed by atoms with Crippen LogP contribution in [0, 0.1) is 5.41 Å². The summed E-state index contributed by atoms with van der Waals surface area (Å²) in [7, 11) is 0. The van der Waals surface area contributed by atoms with E-state index < -0.39 is 11.4 Å². The van der Waals surface area contributed by atoms with Crippen LogP contribution in [0.5, 0.6) is 0 Å². The molecule has 0 spiro atoms. The second kappa shape index (κ2) is 5.26. The number of carbonyl (C=O) groups excluding carboxylic acids is 1. The summed E-state index contributed by atoms with van der Waals surface area (Å²) >= 11 is 0. The van der Waals surface area contributed by atoms with Crippen molar-refractivity contribution in [3.05, 3.63) is 0 Å². The molecule has 0 bridgehead atoms. The third kappa shape index (κ3) is 3.22. The molecule has 5 heteroatoms. The van der Waals surface area contributed by atoms with Crippen LogP contribution in [0.25, 0.3) is 0 Å². The number of nitrogens with one attached hydrogen (secondary N) is 1. The molecule has 1 aliphatic heterocycles. The van der Waals surface area contributed by atoms with Crippen LogP contribution < -0.4 is 5.32 Å². The molecule has 0 aromatic heterocycles. The molecule has 1 saturated heterocycles. The van der Waals surface area contributed by atoms with Gasteiger partial charge >= 0.3 is 5.97 Å². The third-order valence-corrected chi connectivity index (χ3v) is 4.09. The van der Waals surface area contributed by atoms with Crippen LogP contribution in [0.2, 0.25) is 0 Å².